The first-order valence-electron chi connectivity index (χ1n) is 9.65. The third-order valence-electron chi connectivity index (χ3n) is 5.84. The van der Waals surface area contributed by atoms with Gasteiger partial charge in [-0.2, -0.15) is 0 Å². The van der Waals surface area contributed by atoms with Crippen molar-refractivity contribution in [1.29, 1.82) is 0 Å². The van der Waals surface area contributed by atoms with Crippen molar-refractivity contribution in [2.24, 2.45) is 10.8 Å². The predicted molar refractivity (Wildman–Crippen MR) is 112 cm³/mol. The number of hydrogen-bond donors (Lipinski definition) is 0. The van der Waals surface area contributed by atoms with E-state index in [4.69, 9.17) is 0 Å². The highest BCUT2D eigenvalue weighted by Gasteiger charge is 2.48. The molecule has 0 aromatic heterocycles. The molecule has 0 aliphatic carbocycles. The van der Waals surface area contributed by atoms with Crippen LogP contribution in [0.5, 0.6) is 0 Å². The topological polar surface area (TPSA) is 6.48 Å². The molecular formula is C23H29BrN2. The second-order valence-corrected chi connectivity index (χ2v) is 10.1. The largest absolute Gasteiger partial charge is 0.298 e. The molecule has 0 spiro atoms. The lowest BCUT2D eigenvalue weighted by atomic mass is 9.65. The number of fused-ring (bicyclic) bond motifs is 2. The summed E-state index contributed by atoms with van der Waals surface area (Å²) < 4.78 is 1.16. The number of hydrogen-bond acceptors (Lipinski definition) is 2. The van der Waals surface area contributed by atoms with Crippen LogP contribution in [-0.2, 0) is 13.1 Å². The van der Waals surface area contributed by atoms with E-state index in [9.17, 15) is 0 Å². The third-order valence-corrected chi connectivity index (χ3v) is 6.37. The molecule has 2 aliphatic rings. The zero-order chi connectivity index (χ0) is 18.2. The molecule has 2 aromatic rings. The highest BCUT2D eigenvalue weighted by atomic mass is 79.9. The van der Waals surface area contributed by atoms with E-state index in [-0.39, 0.29) is 0 Å². The van der Waals surface area contributed by atoms with Gasteiger partial charge in [0, 0.05) is 43.7 Å². The van der Waals surface area contributed by atoms with Crippen LogP contribution in [-0.4, -0.2) is 36.0 Å². The summed E-state index contributed by atoms with van der Waals surface area (Å²) in [6, 6.07) is 19.8. The molecule has 2 heterocycles. The van der Waals surface area contributed by atoms with Crippen LogP contribution in [0.2, 0.25) is 0 Å². The smallest absolute Gasteiger partial charge is 0.0234 e. The van der Waals surface area contributed by atoms with Crippen molar-refractivity contribution in [3.05, 3.63) is 70.2 Å². The van der Waals surface area contributed by atoms with E-state index in [2.05, 4.69) is 94.2 Å². The molecule has 0 N–H and O–H groups in total. The molecule has 2 aromatic carbocycles. The molecule has 2 bridgehead atoms. The molecule has 2 fully saturated rings. The van der Waals surface area contributed by atoms with Crippen molar-refractivity contribution in [2.75, 3.05) is 26.2 Å². The number of piperidine rings is 2. The fourth-order valence-corrected chi connectivity index (χ4v) is 5.80. The van der Waals surface area contributed by atoms with Crippen LogP contribution in [0.15, 0.2) is 59.1 Å². The molecule has 4 rings (SSSR count). The lowest BCUT2D eigenvalue weighted by molar-refractivity contribution is -0.0791. The van der Waals surface area contributed by atoms with Crippen molar-refractivity contribution >= 4 is 15.9 Å². The summed E-state index contributed by atoms with van der Waals surface area (Å²) in [5.41, 5.74) is 3.62. The monoisotopic (exact) mass is 412 g/mol. The summed E-state index contributed by atoms with van der Waals surface area (Å²) >= 11 is 3.54. The van der Waals surface area contributed by atoms with Crippen LogP contribution in [0, 0.1) is 10.8 Å². The molecule has 0 amide bonds. The van der Waals surface area contributed by atoms with E-state index in [1.54, 1.807) is 0 Å². The Morgan fingerprint density at radius 3 is 1.69 bits per heavy atom. The van der Waals surface area contributed by atoms with Gasteiger partial charge in [0.1, 0.15) is 0 Å². The van der Waals surface area contributed by atoms with Gasteiger partial charge in [0.05, 0.1) is 0 Å². The normalized spacial score (nSPS) is 29.7. The molecule has 0 saturated carbocycles. The maximum absolute atomic E-state index is 3.54. The van der Waals surface area contributed by atoms with Crippen LogP contribution < -0.4 is 0 Å². The first kappa shape index (κ1) is 18.2. The Bertz CT molecular complexity index is 725. The van der Waals surface area contributed by atoms with Gasteiger partial charge in [-0.25, -0.2) is 0 Å². The first-order chi connectivity index (χ1) is 12.4. The van der Waals surface area contributed by atoms with Gasteiger partial charge in [-0.3, -0.25) is 9.80 Å². The molecule has 2 atom stereocenters. The average Bonchev–Trinajstić information content (AvgIpc) is 2.55. The number of likely N-dealkylation sites (tertiary alicyclic amines) is 2. The summed E-state index contributed by atoms with van der Waals surface area (Å²) in [5, 5.41) is 0. The van der Waals surface area contributed by atoms with Crippen molar-refractivity contribution in [3.8, 4) is 0 Å². The second-order valence-electron chi connectivity index (χ2n) is 9.20. The molecule has 2 aliphatic heterocycles. The second kappa shape index (κ2) is 7.10. The average molecular weight is 413 g/mol. The summed E-state index contributed by atoms with van der Waals surface area (Å²) in [4.78, 5) is 5.38. The van der Waals surface area contributed by atoms with Gasteiger partial charge in [-0.15, -0.1) is 0 Å². The van der Waals surface area contributed by atoms with Gasteiger partial charge >= 0.3 is 0 Å². The SMILES string of the molecule is CC12CN(Cc3ccccc3)CC(C)(CN(Cc3ccc(Br)cc3)C1)C2. The molecule has 2 unspecified atom stereocenters. The maximum Gasteiger partial charge on any atom is 0.0234 e. The predicted octanol–water partition coefficient (Wildman–Crippen LogP) is 5.18. The van der Waals surface area contributed by atoms with E-state index in [1.165, 1.54) is 43.7 Å². The lowest BCUT2D eigenvalue weighted by Gasteiger charge is -2.57. The van der Waals surface area contributed by atoms with Crippen molar-refractivity contribution in [2.45, 2.75) is 33.4 Å². The Morgan fingerprint density at radius 2 is 1.19 bits per heavy atom. The summed E-state index contributed by atoms with van der Waals surface area (Å²) in [6.45, 7) is 11.9. The molecule has 2 nitrogen and oxygen atoms in total. The van der Waals surface area contributed by atoms with E-state index >= 15 is 0 Å². The van der Waals surface area contributed by atoms with E-state index < -0.39 is 0 Å². The van der Waals surface area contributed by atoms with Crippen molar-refractivity contribution in [1.82, 2.24) is 9.80 Å². The van der Waals surface area contributed by atoms with E-state index in [0.29, 0.717) is 10.8 Å². The van der Waals surface area contributed by atoms with Gasteiger partial charge in [0.2, 0.25) is 0 Å². The van der Waals surface area contributed by atoms with Gasteiger partial charge in [0.25, 0.3) is 0 Å². The molecule has 26 heavy (non-hydrogen) atoms. The van der Waals surface area contributed by atoms with Crippen LogP contribution in [0.4, 0.5) is 0 Å². The summed E-state index contributed by atoms with van der Waals surface area (Å²) in [5.74, 6) is 0. The first-order valence-corrected chi connectivity index (χ1v) is 10.4. The molecule has 3 heteroatoms. The Balaban J connectivity index is 1.46. The molecule has 138 valence electrons. The van der Waals surface area contributed by atoms with E-state index in [1.807, 2.05) is 0 Å². The van der Waals surface area contributed by atoms with Gasteiger partial charge in [-0.1, -0.05) is 72.2 Å². The van der Waals surface area contributed by atoms with Crippen molar-refractivity contribution < 1.29 is 0 Å². The Hall–Kier alpha value is -1.16. The minimum absolute atomic E-state index is 0.384. The highest BCUT2D eigenvalue weighted by Crippen LogP contribution is 2.46. The fourth-order valence-electron chi connectivity index (χ4n) is 5.54. The quantitative estimate of drug-likeness (QED) is 0.681. The Morgan fingerprint density at radius 1 is 0.731 bits per heavy atom. The van der Waals surface area contributed by atoms with Gasteiger partial charge < -0.3 is 0 Å². The zero-order valence-corrected chi connectivity index (χ0v) is 17.5. The number of halogens is 1. The van der Waals surface area contributed by atoms with Crippen LogP contribution >= 0.6 is 15.9 Å². The number of nitrogens with zero attached hydrogens (tertiary/aromatic N) is 2. The number of benzene rings is 2. The number of rotatable bonds is 4. The minimum Gasteiger partial charge on any atom is -0.298 e. The van der Waals surface area contributed by atoms with E-state index in [0.717, 1.165) is 17.6 Å². The zero-order valence-electron chi connectivity index (χ0n) is 15.9. The Labute approximate surface area is 166 Å². The highest BCUT2D eigenvalue weighted by molar-refractivity contribution is 9.10. The Kier molecular flexibility index (Phi) is 4.98. The third kappa shape index (κ3) is 4.21. The van der Waals surface area contributed by atoms with Crippen LogP contribution in [0.1, 0.15) is 31.4 Å². The summed E-state index contributed by atoms with van der Waals surface area (Å²) in [7, 11) is 0. The van der Waals surface area contributed by atoms with Crippen LogP contribution in [0.25, 0.3) is 0 Å². The maximum atomic E-state index is 3.54. The lowest BCUT2D eigenvalue weighted by Crippen LogP contribution is -2.61. The summed E-state index contributed by atoms with van der Waals surface area (Å²) in [6.07, 6.45) is 1.35. The van der Waals surface area contributed by atoms with Gasteiger partial charge in [-0.05, 0) is 40.5 Å². The fraction of sp³-hybridized carbons (Fsp3) is 0.478. The molecule has 0 radical (unpaired) electrons. The standard InChI is InChI=1S/C23H29BrN2/c1-22-14-23(2,16-25(15-22)12-19-6-4-3-5-7-19)18-26(17-22)13-20-8-10-21(24)11-9-20/h3-11H,12-18H2,1-2H3. The van der Waals surface area contributed by atoms with Crippen LogP contribution in [0.3, 0.4) is 0 Å². The molecule has 2 saturated heterocycles. The minimum atomic E-state index is 0.384. The molecular weight excluding hydrogens is 384 g/mol. The van der Waals surface area contributed by atoms with Crippen molar-refractivity contribution in [3.63, 3.8) is 0 Å². The van der Waals surface area contributed by atoms with Gasteiger partial charge in [0.15, 0.2) is 0 Å².